The standard InChI is InChI=1S/C10H14N4S.ClH.2Ga/c1-8(9-6-4-5-7-11-9)12-13-10(15)14(2)3;;;/h4-7H,1-3H3,(H,13,15);1H;;/q;;;+3/p-1/b12-8+;;;. The number of halogens is 1. The molecule has 1 aromatic rings. The average molecular weight is 397 g/mol. The van der Waals surface area contributed by atoms with Crippen LogP contribution in [0.15, 0.2) is 29.5 Å². The van der Waals surface area contributed by atoms with E-state index in [1.54, 1.807) is 11.1 Å². The molecule has 1 aromatic heterocycles. The number of hydrogen-bond acceptors (Lipinski definition) is 3. The van der Waals surface area contributed by atoms with Crippen LogP contribution in [0.5, 0.6) is 0 Å². The molecule has 1 heterocycles. The van der Waals surface area contributed by atoms with Crippen molar-refractivity contribution in [2.24, 2.45) is 5.10 Å². The Balaban J connectivity index is -0.000000750. The molecule has 3 radical (unpaired) electrons. The van der Waals surface area contributed by atoms with Gasteiger partial charge in [-0.1, -0.05) is 6.07 Å². The van der Waals surface area contributed by atoms with Crippen LogP contribution in [0.2, 0.25) is 0 Å². The molecule has 0 bridgehead atoms. The molecule has 0 saturated heterocycles. The largest absolute Gasteiger partial charge is 3.00 e. The smallest absolute Gasteiger partial charge is 1.00 e. The fourth-order valence-corrected chi connectivity index (χ4v) is 0.911. The number of pyridine rings is 1. The molecule has 0 aliphatic rings. The summed E-state index contributed by atoms with van der Waals surface area (Å²) in [6.45, 7) is 1.88. The van der Waals surface area contributed by atoms with Crippen molar-refractivity contribution in [1.29, 1.82) is 0 Å². The summed E-state index contributed by atoms with van der Waals surface area (Å²) in [6.07, 6.45) is 1.73. The molecule has 0 aliphatic carbocycles. The molecule has 18 heavy (non-hydrogen) atoms. The number of hydrazone groups is 1. The van der Waals surface area contributed by atoms with Gasteiger partial charge in [0.1, 0.15) is 0 Å². The first kappa shape index (κ1) is 23.2. The summed E-state index contributed by atoms with van der Waals surface area (Å²) in [4.78, 5) is 5.96. The molecule has 0 spiro atoms. The summed E-state index contributed by atoms with van der Waals surface area (Å²) in [6, 6.07) is 5.69. The maximum atomic E-state index is 5.03. The second-order valence-corrected chi connectivity index (χ2v) is 3.61. The minimum absolute atomic E-state index is 0. The zero-order valence-corrected chi connectivity index (χ0v) is 17.0. The van der Waals surface area contributed by atoms with Gasteiger partial charge in [-0.2, -0.15) is 5.10 Å². The minimum atomic E-state index is 0. The summed E-state index contributed by atoms with van der Waals surface area (Å²) in [7, 11) is 3.72. The number of hydrogen-bond donors (Lipinski definition) is 1. The molecule has 4 nitrogen and oxygen atoms in total. The Kier molecular flexibility index (Phi) is 15.6. The van der Waals surface area contributed by atoms with E-state index >= 15 is 0 Å². The third kappa shape index (κ3) is 8.22. The van der Waals surface area contributed by atoms with Gasteiger partial charge in [0.25, 0.3) is 0 Å². The van der Waals surface area contributed by atoms with Gasteiger partial charge in [-0.05, 0) is 31.3 Å². The summed E-state index contributed by atoms with van der Waals surface area (Å²) >= 11 is 5.03. The summed E-state index contributed by atoms with van der Waals surface area (Å²) in [5, 5.41) is 4.71. The van der Waals surface area contributed by atoms with E-state index in [0.717, 1.165) is 11.4 Å². The van der Waals surface area contributed by atoms with E-state index in [-0.39, 0.29) is 52.0 Å². The average Bonchev–Trinajstić information content (AvgIpc) is 2.26. The molecule has 8 heteroatoms. The van der Waals surface area contributed by atoms with E-state index < -0.39 is 0 Å². The van der Waals surface area contributed by atoms with Crippen molar-refractivity contribution in [3.05, 3.63) is 30.1 Å². The van der Waals surface area contributed by atoms with Gasteiger partial charge in [0.2, 0.25) is 0 Å². The Hall–Kier alpha value is 0.0727. The van der Waals surface area contributed by atoms with E-state index in [0.29, 0.717) is 5.11 Å². The van der Waals surface area contributed by atoms with Crippen LogP contribution >= 0.6 is 12.2 Å². The molecule has 0 aliphatic heterocycles. The van der Waals surface area contributed by atoms with Gasteiger partial charge in [-0.3, -0.25) is 10.4 Å². The van der Waals surface area contributed by atoms with Gasteiger partial charge in [0.15, 0.2) is 5.11 Å². The summed E-state index contributed by atoms with van der Waals surface area (Å²) < 4.78 is 0. The van der Waals surface area contributed by atoms with Crippen LogP contribution in [-0.4, -0.2) is 74.4 Å². The Morgan fingerprint density at radius 1 is 1.39 bits per heavy atom. The number of rotatable bonds is 2. The first-order valence-corrected chi connectivity index (χ1v) is 4.95. The van der Waals surface area contributed by atoms with E-state index in [9.17, 15) is 0 Å². The van der Waals surface area contributed by atoms with E-state index in [2.05, 4.69) is 15.5 Å². The van der Waals surface area contributed by atoms with Gasteiger partial charge in [-0.15, -0.1) is 0 Å². The topological polar surface area (TPSA) is 40.5 Å². The van der Waals surface area contributed by atoms with Crippen molar-refractivity contribution in [2.45, 2.75) is 6.92 Å². The Morgan fingerprint density at radius 2 is 2.00 bits per heavy atom. The SMILES string of the molecule is C/C(=N\NC(=S)N(C)C)c1ccccn1.[Cl-].[Ga+3].[Ga]. The first-order chi connectivity index (χ1) is 7.11. The predicted octanol–water partition coefficient (Wildman–Crippen LogP) is -2.52. The van der Waals surface area contributed by atoms with Crippen LogP contribution in [0.3, 0.4) is 0 Å². The monoisotopic (exact) mass is 395 g/mol. The molecule has 0 unspecified atom stereocenters. The van der Waals surface area contributed by atoms with Crippen LogP contribution in [-0.2, 0) is 0 Å². The second kappa shape index (κ2) is 12.1. The van der Waals surface area contributed by atoms with Crippen molar-refractivity contribution < 1.29 is 12.4 Å². The van der Waals surface area contributed by atoms with Crippen LogP contribution in [0.25, 0.3) is 0 Å². The third-order valence-corrected chi connectivity index (χ3v) is 2.22. The van der Waals surface area contributed by atoms with Crippen molar-refractivity contribution in [2.75, 3.05) is 14.1 Å². The van der Waals surface area contributed by atoms with Crippen LogP contribution in [0.4, 0.5) is 0 Å². The van der Waals surface area contributed by atoms with Crippen molar-refractivity contribution in [1.82, 2.24) is 15.3 Å². The van der Waals surface area contributed by atoms with Crippen molar-refractivity contribution >= 4 is 62.6 Å². The molecular weight excluding hydrogens is 383 g/mol. The van der Waals surface area contributed by atoms with Gasteiger partial charge < -0.3 is 17.3 Å². The molecule has 91 valence electrons. The Morgan fingerprint density at radius 3 is 2.44 bits per heavy atom. The van der Waals surface area contributed by atoms with Crippen molar-refractivity contribution in [3.63, 3.8) is 0 Å². The van der Waals surface area contributed by atoms with Gasteiger partial charge in [-0.25, -0.2) is 0 Å². The fraction of sp³-hybridized carbons (Fsp3) is 0.300. The summed E-state index contributed by atoms with van der Waals surface area (Å²) in [5.41, 5.74) is 4.43. The zero-order chi connectivity index (χ0) is 11.3. The van der Waals surface area contributed by atoms with E-state index in [1.807, 2.05) is 39.2 Å². The predicted molar refractivity (Wildman–Crippen MR) is 77.4 cm³/mol. The van der Waals surface area contributed by atoms with Crippen molar-refractivity contribution in [3.8, 4) is 0 Å². The third-order valence-electron chi connectivity index (χ3n) is 1.76. The molecule has 1 N–H and O–H groups in total. The second-order valence-electron chi connectivity index (χ2n) is 3.22. The Bertz CT molecular complexity index is 373. The minimum Gasteiger partial charge on any atom is -1.00 e. The van der Waals surface area contributed by atoms with E-state index in [1.165, 1.54) is 0 Å². The van der Waals surface area contributed by atoms with Crippen LogP contribution in [0, 0.1) is 0 Å². The molecule has 0 aromatic carbocycles. The molecule has 0 amide bonds. The maximum absolute atomic E-state index is 5.03. The molecule has 1 rings (SSSR count). The van der Waals surface area contributed by atoms with E-state index in [4.69, 9.17) is 12.2 Å². The fourth-order valence-electron chi connectivity index (χ4n) is 0.866. The first-order valence-electron chi connectivity index (χ1n) is 4.54. The Labute approximate surface area is 146 Å². The molecule has 0 fully saturated rings. The summed E-state index contributed by atoms with van der Waals surface area (Å²) in [5.74, 6) is 0. The zero-order valence-electron chi connectivity index (χ0n) is 10.6. The molecular formula is C10H14ClGa2N4S+2. The van der Waals surface area contributed by atoms with Crippen LogP contribution in [0.1, 0.15) is 12.6 Å². The molecule has 0 atom stereocenters. The maximum Gasteiger partial charge on any atom is 3.00 e. The van der Waals surface area contributed by atoms with Gasteiger partial charge in [0.05, 0.1) is 11.4 Å². The number of nitrogens with one attached hydrogen (secondary N) is 1. The molecule has 0 saturated carbocycles. The quantitative estimate of drug-likeness (QED) is 0.259. The number of thiocarbonyl (C=S) groups is 1. The van der Waals surface area contributed by atoms with Gasteiger partial charge in [0, 0.05) is 40.1 Å². The number of aromatic nitrogens is 1. The van der Waals surface area contributed by atoms with Gasteiger partial charge >= 0.3 is 19.8 Å². The van der Waals surface area contributed by atoms with Crippen LogP contribution < -0.4 is 17.8 Å². The number of nitrogens with zero attached hydrogens (tertiary/aromatic N) is 3. The normalized spacial score (nSPS) is 9.17.